The van der Waals surface area contributed by atoms with E-state index in [-0.39, 0.29) is 5.91 Å². The highest BCUT2D eigenvalue weighted by Gasteiger charge is 2.20. The van der Waals surface area contributed by atoms with Gasteiger partial charge in [0.2, 0.25) is 0 Å². The molecule has 1 aliphatic heterocycles. The molecule has 0 radical (unpaired) electrons. The number of nitrogens with one attached hydrogen (secondary N) is 2. The van der Waals surface area contributed by atoms with Gasteiger partial charge in [-0.15, -0.1) is 0 Å². The summed E-state index contributed by atoms with van der Waals surface area (Å²) in [5, 5.41) is 3.00. The van der Waals surface area contributed by atoms with Crippen LogP contribution in [0.1, 0.15) is 23.2 Å². The van der Waals surface area contributed by atoms with Gasteiger partial charge in [-0.1, -0.05) is 0 Å². The lowest BCUT2D eigenvalue weighted by Gasteiger charge is -2.33. The Bertz CT molecular complexity index is 998. The molecule has 1 aromatic heterocycles. The number of amides is 1. The van der Waals surface area contributed by atoms with Gasteiger partial charge in [-0.3, -0.25) is 9.78 Å². The van der Waals surface area contributed by atoms with Crippen molar-refractivity contribution in [3.8, 4) is 0 Å². The van der Waals surface area contributed by atoms with Crippen LogP contribution in [0.15, 0.2) is 51.7 Å². The highest BCUT2D eigenvalue weighted by molar-refractivity contribution is 5.96. The molecule has 4 N–H and O–H groups in total. The van der Waals surface area contributed by atoms with Gasteiger partial charge in [0.25, 0.3) is 5.91 Å². The number of piperidine rings is 1. The van der Waals surface area contributed by atoms with Crippen LogP contribution >= 0.6 is 0 Å². The molecule has 27 heavy (non-hydrogen) atoms. The maximum atomic E-state index is 12.4. The molecule has 0 atom stereocenters. The lowest BCUT2D eigenvalue weighted by molar-refractivity contribution is 0.0945. The second-order valence-corrected chi connectivity index (χ2v) is 6.96. The molecule has 140 valence electrons. The van der Waals surface area contributed by atoms with E-state index in [4.69, 9.17) is 10.2 Å². The van der Waals surface area contributed by atoms with E-state index in [2.05, 4.69) is 15.2 Å². The topological polar surface area (TPSA) is 104 Å². The third kappa shape index (κ3) is 3.81. The number of benzene rings is 2. The zero-order valence-electron chi connectivity index (χ0n) is 14.9. The summed E-state index contributed by atoms with van der Waals surface area (Å²) in [6, 6.07) is 12.9. The molecule has 0 saturated carbocycles. The number of rotatable bonds is 4. The number of carbonyl (C=O) groups excluding carboxylic acids is 1. The summed E-state index contributed by atoms with van der Waals surface area (Å²) in [7, 11) is 0. The Labute approximate surface area is 156 Å². The van der Waals surface area contributed by atoms with Crippen LogP contribution in [0, 0.1) is 5.92 Å². The molecule has 3 aromatic rings. The van der Waals surface area contributed by atoms with Gasteiger partial charge in [0.05, 0.1) is 5.52 Å². The quantitative estimate of drug-likeness (QED) is 0.615. The van der Waals surface area contributed by atoms with Crippen molar-refractivity contribution in [1.29, 1.82) is 0 Å². The van der Waals surface area contributed by atoms with E-state index in [9.17, 15) is 9.59 Å². The number of nitrogens with two attached hydrogens (primary N) is 1. The normalized spacial score (nSPS) is 15.2. The van der Waals surface area contributed by atoms with Crippen molar-refractivity contribution in [3.05, 3.63) is 58.6 Å². The van der Waals surface area contributed by atoms with Gasteiger partial charge in [0.15, 0.2) is 5.58 Å². The Hall–Kier alpha value is -3.22. The van der Waals surface area contributed by atoms with E-state index in [0.29, 0.717) is 29.1 Å². The Balaban J connectivity index is 1.30. The van der Waals surface area contributed by atoms with Gasteiger partial charge in [0, 0.05) is 36.6 Å². The van der Waals surface area contributed by atoms with Crippen molar-refractivity contribution >= 4 is 28.4 Å². The van der Waals surface area contributed by atoms with Crippen molar-refractivity contribution < 1.29 is 9.21 Å². The molecule has 0 bridgehead atoms. The highest BCUT2D eigenvalue weighted by atomic mass is 16.4. The third-order valence-electron chi connectivity index (χ3n) is 5.11. The standard InChI is InChI=1S/C20H22N4O3/c21-15-2-4-16(5-3-15)24-9-7-13(8-10-24)12-22-19(25)14-1-6-17-18(11-14)27-20(26)23-17/h1-6,11,13H,7-10,12,21H2,(H,22,25)(H,23,26). The molecule has 7 nitrogen and oxygen atoms in total. The maximum Gasteiger partial charge on any atom is 0.417 e. The van der Waals surface area contributed by atoms with Crippen LogP contribution in [0.2, 0.25) is 0 Å². The molecule has 4 rings (SSSR count). The van der Waals surface area contributed by atoms with Gasteiger partial charge in [-0.25, -0.2) is 4.79 Å². The van der Waals surface area contributed by atoms with Crippen LogP contribution in [0.25, 0.3) is 11.1 Å². The molecule has 2 heterocycles. The lowest BCUT2D eigenvalue weighted by atomic mass is 9.96. The summed E-state index contributed by atoms with van der Waals surface area (Å²) >= 11 is 0. The lowest BCUT2D eigenvalue weighted by Crippen LogP contribution is -2.38. The first-order chi connectivity index (χ1) is 13.1. The average Bonchev–Trinajstić information content (AvgIpc) is 3.06. The number of fused-ring (bicyclic) bond motifs is 1. The molecular weight excluding hydrogens is 344 g/mol. The average molecular weight is 366 g/mol. The Kier molecular flexibility index (Phi) is 4.58. The molecule has 0 aliphatic carbocycles. The van der Waals surface area contributed by atoms with Gasteiger partial charge < -0.3 is 20.4 Å². The second-order valence-electron chi connectivity index (χ2n) is 6.96. The van der Waals surface area contributed by atoms with Crippen molar-refractivity contribution in [1.82, 2.24) is 10.3 Å². The third-order valence-corrected chi connectivity index (χ3v) is 5.11. The highest BCUT2D eigenvalue weighted by Crippen LogP contribution is 2.23. The molecule has 0 spiro atoms. The maximum absolute atomic E-state index is 12.4. The molecule has 1 fully saturated rings. The number of aromatic nitrogens is 1. The van der Waals surface area contributed by atoms with E-state index in [1.165, 1.54) is 5.69 Å². The summed E-state index contributed by atoms with van der Waals surface area (Å²) in [5.74, 6) is -0.218. The number of aromatic amines is 1. The van der Waals surface area contributed by atoms with Gasteiger partial charge >= 0.3 is 5.76 Å². The fourth-order valence-electron chi connectivity index (χ4n) is 3.51. The summed E-state index contributed by atoms with van der Waals surface area (Å²) in [5.41, 5.74) is 9.18. The Morgan fingerprint density at radius 2 is 1.93 bits per heavy atom. The molecule has 1 saturated heterocycles. The summed E-state index contributed by atoms with van der Waals surface area (Å²) in [6.45, 7) is 2.57. The molecule has 1 aliphatic rings. The van der Waals surface area contributed by atoms with Gasteiger partial charge in [0.1, 0.15) is 0 Å². The Morgan fingerprint density at radius 3 is 2.67 bits per heavy atom. The van der Waals surface area contributed by atoms with Gasteiger partial charge in [-0.2, -0.15) is 0 Å². The van der Waals surface area contributed by atoms with Crippen LogP contribution < -0.4 is 21.7 Å². The fourth-order valence-corrected chi connectivity index (χ4v) is 3.51. The van der Waals surface area contributed by atoms with Crippen LogP contribution in [-0.2, 0) is 0 Å². The van der Waals surface area contributed by atoms with Crippen molar-refractivity contribution in [2.45, 2.75) is 12.8 Å². The zero-order chi connectivity index (χ0) is 18.8. The van der Waals surface area contributed by atoms with Crippen LogP contribution in [0.4, 0.5) is 11.4 Å². The molecular formula is C20H22N4O3. The van der Waals surface area contributed by atoms with E-state index in [0.717, 1.165) is 31.6 Å². The second kappa shape index (κ2) is 7.19. The summed E-state index contributed by atoms with van der Waals surface area (Å²) in [6.07, 6.45) is 2.05. The number of nitrogen functional groups attached to an aromatic ring is 1. The van der Waals surface area contributed by atoms with E-state index < -0.39 is 5.76 Å². The summed E-state index contributed by atoms with van der Waals surface area (Å²) in [4.78, 5) is 28.5. The SMILES string of the molecule is Nc1ccc(N2CCC(CNC(=O)c3ccc4[nH]c(=O)oc4c3)CC2)cc1. The van der Waals surface area contributed by atoms with Gasteiger partial charge in [-0.05, 0) is 61.2 Å². The monoisotopic (exact) mass is 366 g/mol. The zero-order valence-corrected chi connectivity index (χ0v) is 14.9. The molecule has 2 aromatic carbocycles. The number of oxazole rings is 1. The smallest absolute Gasteiger partial charge is 0.408 e. The van der Waals surface area contributed by atoms with E-state index in [1.54, 1.807) is 18.2 Å². The number of anilines is 2. The van der Waals surface area contributed by atoms with E-state index >= 15 is 0 Å². The first-order valence-corrected chi connectivity index (χ1v) is 9.10. The first kappa shape index (κ1) is 17.2. The number of H-pyrrole nitrogens is 1. The number of nitrogens with zero attached hydrogens (tertiary/aromatic N) is 1. The number of carbonyl (C=O) groups is 1. The fraction of sp³-hybridized carbons (Fsp3) is 0.300. The Morgan fingerprint density at radius 1 is 1.19 bits per heavy atom. The van der Waals surface area contributed by atoms with Crippen LogP contribution in [-0.4, -0.2) is 30.5 Å². The summed E-state index contributed by atoms with van der Waals surface area (Å²) < 4.78 is 5.01. The van der Waals surface area contributed by atoms with Crippen molar-refractivity contribution in [3.63, 3.8) is 0 Å². The predicted octanol–water partition coefficient (Wildman–Crippen LogP) is 2.35. The minimum absolute atomic E-state index is 0.151. The van der Waals surface area contributed by atoms with Crippen LogP contribution in [0.3, 0.4) is 0 Å². The predicted molar refractivity (Wildman–Crippen MR) is 105 cm³/mol. The molecule has 0 unspecified atom stereocenters. The van der Waals surface area contributed by atoms with Crippen molar-refractivity contribution in [2.24, 2.45) is 5.92 Å². The minimum Gasteiger partial charge on any atom is -0.408 e. The molecule has 7 heteroatoms. The van der Waals surface area contributed by atoms with Crippen molar-refractivity contribution in [2.75, 3.05) is 30.3 Å². The largest absolute Gasteiger partial charge is 0.417 e. The molecule has 1 amide bonds. The number of hydrogen-bond donors (Lipinski definition) is 3. The van der Waals surface area contributed by atoms with E-state index in [1.807, 2.05) is 24.3 Å². The first-order valence-electron chi connectivity index (χ1n) is 9.10. The number of hydrogen-bond acceptors (Lipinski definition) is 5. The van der Waals surface area contributed by atoms with Crippen LogP contribution in [0.5, 0.6) is 0 Å². The minimum atomic E-state index is -0.518.